The normalized spacial score (nSPS) is 26.8. The average molecular weight is 338 g/mol. The zero-order valence-corrected chi connectivity index (χ0v) is 14.2. The topological polar surface area (TPSA) is 76.7 Å². The predicted molar refractivity (Wildman–Crippen MR) is 87.5 cm³/mol. The van der Waals surface area contributed by atoms with Gasteiger partial charge < -0.3 is 14.3 Å². The molecule has 3 rings (SSSR count). The number of ether oxygens (including phenoxy) is 1. The van der Waals surface area contributed by atoms with E-state index in [0.717, 1.165) is 35.3 Å². The van der Waals surface area contributed by atoms with Gasteiger partial charge in [0.2, 0.25) is 0 Å². The molecule has 126 valence electrons. The van der Waals surface area contributed by atoms with Gasteiger partial charge in [0.25, 0.3) is 0 Å². The third kappa shape index (κ3) is 3.29. The van der Waals surface area contributed by atoms with E-state index in [1.54, 1.807) is 6.07 Å². The molecule has 0 amide bonds. The van der Waals surface area contributed by atoms with Gasteiger partial charge >= 0.3 is 0 Å². The molecule has 0 radical (unpaired) electrons. The van der Waals surface area contributed by atoms with Crippen LogP contribution in [0.2, 0.25) is 0 Å². The van der Waals surface area contributed by atoms with Crippen LogP contribution in [-0.4, -0.2) is 37.2 Å². The van der Waals surface area contributed by atoms with Gasteiger partial charge in [-0.25, -0.2) is 8.42 Å². The minimum atomic E-state index is -3.05. The quantitative estimate of drug-likeness (QED) is 0.835. The maximum absolute atomic E-state index is 12.0. The van der Waals surface area contributed by atoms with Crippen molar-refractivity contribution in [2.45, 2.75) is 44.6 Å². The Kier molecular flexibility index (Phi) is 4.49. The highest BCUT2D eigenvalue weighted by Gasteiger charge is 2.45. The van der Waals surface area contributed by atoms with E-state index in [9.17, 15) is 8.42 Å². The minimum absolute atomic E-state index is 0.0924. The van der Waals surface area contributed by atoms with Crippen LogP contribution in [0.25, 0.3) is 6.08 Å². The highest BCUT2D eigenvalue weighted by Crippen LogP contribution is 2.38. The van der Waals surface area contributed by atoms with E-state index >= 15 is 0 Å². The van der Waals surface area contributed by atoms with Crippen molar-refractivity contribution in [3.8, 4) is 0 Å². The second kappa shape index (κ2) is 6.26. The Hall–Kier alpha value is -1.37. The van der Waals surface area contributed by atoms with Crippen molar-refractivity contribution in [2.24, 2.45) is 0 Å². The molecule has 1 N–H and O–H groups in total. The van der Waals surface area contributed by atoms with Crippen LogP contribution in [0.3, 0.4) is 0 Å². The number of aliphatic hydroxyl groups is 1. The first-order chi connectivity index (χ1) is 10.9. The number of allylic oxidation sites excluding steroid dienone is 1. The van der Waals surface area contributed by atoms with Gasteiger partial charge in [-0.15, -0.1) is 0 Å². The van der Waals surface area contributed by atoms with Crippen LogP contribution in [-0.2, 0) is 21.2 Å². The monoisotopic (exact) mass is 338 g/mol. The maximum Gasteiger partial charge on any atom is 0.163 e. The number of hydrogen-bond acceptors (Lipinski definition) is 5. The van der Waals surface area contributed by atoms with E-state index in [-0.39, 0.29) is 18.5 Å². The molecule has 0 saturated carbocycles. The second-order valence-corrected chi connectivity index (χ2v) is 8.53. The second-order valence-electron chi connectivity index (χ2n) is 6.35. The first-order valence-corrected chi connectivity index (χ1v) is 9.51. The van der Waals surface area contributed by atoms with Gasteiger partial charge in [0.15, 0.2) is 9.84 Å². The van der Waals surface area contributed by atoms with Gasteiger partial charge in [-0.1, -0.05) is 11.1 Å². The molecule has 1 fully saturated rings. The summed E-state index contributed by atoms with van der Waals surface area (Å²) in [5.74, 6) is 1.44. The fourth-order valence-corrected chi connectivity index (χ4v) is 5.39. The first-order valence-electron chi connectivity index (χ1n) is 7.80. The Morgan fingerprint density at radius 1 is 1.43 bits per heavy atom. The van der Waals surface area contributed by atoms with Gasteiger partial charge in [0.05, 0.1) is 18.5 Å². The summed E-state index contributed by atoms with van der Waals surface area (Å²) in [7, 11) is -3.05. The number of rotatable bonds is 5. The summed E-state index contributed by atoms with van der Waals surface area (Å²) in [5.41, 5.74) is 3.08. The average Bonchev–Trinajstić information content (AvgIpc) is 3.15. The number of sulfone groups is 1. The van der Waals surface area contributed by atoms with Crippen LogP contribution in [0.4, 0.5) is 0 Å². The van der Waals surface area contributed by atoms with Crippen LogP contribution in [0.15, 0.2) is 33.3 Å². The molecule has 5 nitrogen and oxygen atoms in total. The largest absolute Gasteiger partial charge is 0.459 e. The summed E-state index contributed by atoms with van der Waals surface area (Å²) in [6, 6.07) is 3.58. The molecule has 1 saturated heterocycles. The Balaban J connectivity index is 1.64. The fraction of sp³-hybridized carbons (Fsp3) is 0.529. The third-order valence-corrected chi connectivity index (χ3v) is 6.61. The van der Waals surface area contributed by atoms with E-state index in [4.69, 9.17) is 14.3 Å². The summed E-state index contributed by atoms with van der Waals surface area (Å²) >= 11 is 0. The molecule has 0 spiro atoms. The lowest BCUT2D eigenvalue weighted by molar-refractivity contribution is 0.118. The molecule has 1 aromatic heterocycles. The van der Waals surface area contributed by atoms with Crippen LogP contribution in [0.1, 0.15) is 38.2 Å². The van der Waals surface area contributed by atoms with Crippen LogP contribution < -0.4 is 0 Å². The van der Waals surface area contributed by atoms with Crippen molar-refractivity contribution in [2.75, 3.05) is 12.4 Å². The van der Waals surface area contributed by atoms with E-state index in [0.29, 0.717) is 12.4 Å². The number of furan rings is 1. The van der Waals surface area contributed by atoms with Crippen molar-refractivity contribution < 1.29 is 22.7 Å². The lowest BCUT2D eigenvalue weighted by Crippen LogP contribution is -2.19. The number of hydrogen-bond donors (Lipinski definition) is 1. The van der Waals surface area contributed by atoms with Crippen LogP contribution in [0.5, 0.6) is 0 Å². The third-order valence-electron chi connectivity index (χ3n) is 4.51. The van der Waals surface area contributed by atoms with Crippen molar-refractivity contribution in [3.63, 3.8) is 0 Å². The summed E-state index contributed by atoms with van der Waals surface area (Å²) in [6.45, 7) is 4.10. The Bertz CT molecular complexity index is 754. The number of fused-ring (bicyclic) bond motifs is 1. The van der Waals surface area contributed by atoms with Crippen molar-refractivity contribution in [1.29, 1.82) is 0 Å². The van der Waals surface area contributed by atoms with Crippen LogP contribution in [0, 0.1) is 0 Å². The van der Waals surface area contributed by atoms with E-state index in [2.05, 4.69) is 0 Å². The molecule has 6 heteroatoms. The zero-order chi connectivity index (χ0) is 16.6. The standard InChI is InChI=1S/C17H22O5S/c1-11(7-13-4-5-14(8-18)22-13)3-6-15-17-12(2)10-23(19,20)16(17)9-21-15/h4-5,7,15-16,18H,3,6,8-10H2,1-2H3/b11-7+/t15-,16+/m1/s1. The van der Waals surface area contributed by atoms with E-state index < -0.39 is 15.1 Å². The molecular weight excluding hydrogens is 316 g/mol. The van der Waals surface area contributed by atoms with Gasteiger partial charge in [0.1, 0.15) is 23.4 Å². The molecule has 2 atom stereocenters. The van der Waals surface area contributed by atoms with E-state index in [1.807, 2.05) is 26.0 Å². The fourth-order valence-electron chi connectivity index (χ4n) is 3.39. The summed E-state index contributed by atoms with van der Waals surface area (Å²) in [4.78, 5) is 0. The molecular formula is C17H22O5S. The number of aliphatic hydroxyl groups excluding tert-OH is 1. The SMILES string of the molecule is CC1=C2[C@@H](CC/C(C)=C/c3ccc(CO)o3)OC[C@@H]2S(=O)(=O)C1. The molecule has 0 aliphatic carbocycles. The molecule has 3 heterocycles. The first kappa shape index (κ1) is 16.5. The minimum Gasteiger partial charge on any atom is -0.459 e. The molecule has 2 aliphatic heterocycles. The van der Waals surface area contributed by atoms with Crippen LogP contribution >= 0.6 is 0 Å². The zero-order valence-electron chi connectivity index (χ0n) is 13.4. The van der Waals surface area contributed by atoms with Crippen molar-refractivity contribution in [3.05, 3.63) is 40.4 Å². The van der Waals surface area contributed by atoms with Gasteiger partial charge in [0, 0.05) is 0 Å². The molecule has 0 unspecified atom stereocenters. The maximum atomic E-state index is 12.0. The smallest absolute Gasteiger partial charge is 0.163 e. The molecule has 0 bridgehead atoms. The van der Waals surface area contributed by atoms with Gasteiger partial charge in [-0.3, -0.25) is 0 Å². The highest BCUT2D eigenvalue weighted by molar-refractivity contribution is 7.92. The summed E-state index contributed by atoms with van der Waals surface area (Å²) < 4.78 is 35.3. The highest BCUT2D eigenvalue weighted by atomic mass is 32.2. The molecule has 0 aromatic carbocycles. The molecule has 2 aliphatic rings. The van der Waals surface area contributed by atoms with Gasteiger partial charge in [-0.05, 0) is 50.5 Å². The molecule has 1 aromatic rings. The Labute approximate surface area is 136 Å². The predicted octanol–water partition coefficient (Wildman–Crippen LogP) is 2.47. The van der Waals surface area contributed by atoms with E-state index in [1.165, 1.54) is 0 Å². The summed E-state index contributed by atoms with van der Waals surface area (Å²) in [6.07, 6.45) is 3.43. The Morgan fingerprint density at radius 3 is 2.91 bits per heavy atom. The van der Waals surface area contributed by atoms with Crippen molar-refractivity contribution >= 4 is 15.9 Å². The lowest BCUT2D eigenvalue weighted by Gasteiger charge is -2.12. The molecule has 23 heavy (non-hydrogen) atoms. The van der Waals surface area contributed by atoms with Crippen molar-refractivity contribution in [1.82, 2.24) is 0 Å². The van der Waals surface area contributed by atoms with Gasteiger partial charge in [-0.2, -0.15) is 0 Å². The Morgan fingerprint density at radius 2 is 2.22 bits per heavy atom. The lowest BCUT2D eigenvalue weighted by atomic mass is 9.98. The summed E-state index contributed by atoms with van der Waals surface area (Å²) in [5, 5.41) is 8.58.